The number of hydrogen-bond donors (Lipinski definition) is 3. The first-order valence-electron chi connectivity index (χ1n) is 11.2. The molecule has 2 aliphatic rings. The van der Waals surface area contributed by atoms with Crippen molar-refractivity contribution in [2.45, 2.75) is 51.1 Å². The number of anilines is 2. The maximum atomic E-state index is 12.4. The maximum absolute atomic E-state index is 12.4. The van der Waals surface area contributed by atoms with Crippen molar-refractivity contribution in [2.24, 2.45) is 0 Å². The van der Waals surface area contributed by atoms with E-state index in [-0.39, 0.29) is 17.9 Å². The van der Waals surface area contributed by atoms with Crippen LogP contribution in [0.4, 0.5) is 11.9 Å². The van der Waals surface area contributed by atoms with Gasteiger partial charge in [-0.3, -0.25) is 14.9 Å². The first-order chi connectivity index (χ1) is 16.4. The summed E-state index contributed by atoms with van der Waals surface area (Å²) in [4.78, 5) is 33.4. The van der Waals surface area contributed by atoms with Crippen molar-refractivity contribution in [3.05, 3.63) is 51.1 Å². The second-order valence-corrected chi connectivity index (χ2v) is 9.40. The largest absolute Gasteiger partial charge is 0.351 e. The quantitative estimate of drug-likeness (QED) is 0.340. The predicted octanol–water partition coefficient (Wildman–Crippen LogP) is 4.39. The average molecular weight is 500 g/mol. The molecule has 1 atom stereocenters. The van der Waals surface area contributed by atoms with Gasteiger partial charge in [-0.1, -0.05) is 23.2 Å². The van der Waals surface area contributed by atoms with E-state index < -0.39 is 0 Å². The Hall–Kier alpha value is -3.17. The van der Waals surface area contributed by atoms with Gasteiger partial charge in [-0.15, -0.1) is 0 Å². The molecule has 176 valence electrons. The Morgan fingerprint density at radius 1 is 1.21 bits per heavy atom. The van der Waals surface area contributed by atoms with Gasteiger partial charge in [-0.05, 0) is 62.4 Å². The van der Waals surface area contributed by atoms with Crippen LogP contribution in [0, 0.1) is 0 Å². The molecule has 3 N–H and O–H groups in total. The standard InChI is InChI=1S/C23H23Cl2N7O2/c1-12(17-10-15(24)5-8-18(17)25)27-22-30-20-14(9-13-3-2-4-19(33)29-21(13)34)11-26-32(20)23(31-22)28-16-6-7-16/h5,8-12,16H,2-4,6-7H2,1H3,(H,29,33,34)(H2,27,28,30,31). The third kappa shape index (κ3) is 4.85. The molecule has 1 aromatic carbocycles. The lowest BCUT2D eigenvalue weighted by molar-refractivity contribution is -0.127. The lowest BCUT2D eigenvalue weighted by Crippen LogP contribution is -2.28. The molecule has 2 amide bonds. The summed E-state index contributed by atoms with van der Waals surface area (Å²) in [6.07, 6.45) is 6.96. The number of halogens is 2. The molecular weight excluding hydrogens is 477 g/mol. The lowest BCUT2D eigenvalue weighted by Gasteiger charge is -2.17. The van der Waals surface area contributed by atoms with Gasteiger partial charge in [0.15, 0.2) is 5.65 Å². The van der Waals surface area contributed by atoms with E-state index in [2.05, 4.69) is 31.0 Å². The number of amides is 2. The monoisotopic (exact) mass is 499 g/mol. The van der Waals surface area contributed by atoms with Crippen molar-refractivity contribution < 1.29 is 9.59 Å². The Morgan fingerprint density at radius 3 is 2.82 bits per heavy atom. The smallest absolute Gasteiger partial charge is 0.253 e. The Labute approximate surface area is 205 Å². The van der Waals surface area contributed by atoms with Crippen molar-refractivity contribution in [2.75, 3.05) is 10.6 Å². The molecule has 3 heterocycles. The van der Waals surface area contributed by atoms with Crippen LogP contribution >= 0.6 is 23.2 Å². The van der Waals surface area contributed by atoms with E-state index in [1.54, 1.807) is 28.9 Å². The number of fused-ring (bicyclic) bond motifs is 1. The molecule has 1 aliphatic heterocycles. The minimum atomic E-state index is -0.380. The topological polar surface area (TPSA) is 113 Å². The molecule has 1 saturated carbocycles. The molecule has 3 aromatic rings. The Kier molecular flexibility index (Phi) is 6.14. The molecule has 2 fully saturated rings. The molecule has 2 aromatic heterocycles. The molecule has 1 unspecified atom stereocenters. The Morgan fingerprint density at radius 2 is 2.03 bits per heavy atom. The number of imide groups is 1. The third-order valence-corrected chi connectivity index (χ3v) is 6.38. The molecule has 0 radical (unpaired) electrons. The van der Waals surface area contributed by atoms with Crippen LogP contribution in [0.5, 0.6) is 0 Å². The molecule has 5 rings (SSSR count). The number of hydrogen-bond acceptors (Lipinski definition) is 7. The number of aromatic nitrogens is 4. The number of rotatable bonds is 6. The summed E-state index contributed by atoms with van der Waals surface area (Å²) in [6.45, 7) is 1.95. The summed E-state index contributed by atoms with van der Waals surface area (Å²) in [5.41, 5.74) is 2.55. The van der Waals surface area contributed by atoms with Crippen LogP contribution in [-0.4, -0.2) is 37.4 Å². The SMILES string of the molecule is CC(Nc1nc(NC2CC2)n2ncc(C=C3CCCC(=O)NC3=O)c2n1)c1cc(Cl)ccc1Cl. The van der Waals surface area contributed by atoms with Gasteiger partial charge in [0.1, 0.15) is 0 Å². The van der Waals surface area contributed by atoms with Gasteiger partial charge in [-0.25, -0.2) is 0 Å². The maximum Gasteiger partial charge on any atom is 0.253 e. The summed E-state index contributed by atoms with van der Waals surface area (Å²) in [6, 6.07) is 5.43. The zero-order chi connectivity index (χ0) is 23.8. The summed E-state index contributed by atoms with van der Waals surface area (Å²) in [7, 11) is 0. The highest BCUT2D eigenvalue weighted by molar-refractivity contribution is 6.33. The van der Waals surface area contributed by atoms with Crippen molar-refractivity contribution in [1.82, 2.24) is 24.9 Å². The van der Waals surface area contributed by atoms with Crippen LogP contribution in [0.25, 0.3) is 11.7 Å². The van der Waals surface area contributed by atoms with E-state index in [0.717, 1.165) is 18.4 Å². The fourth-order valence-electron chi connectivity index (χ4n) is 3.83. The normalized spacial score (nSPS) is 18.6. The molecule has 1 saturated heterocycles. The molecule has 0 spiro atoms. The third-order valence-electron chi connectivity index (χ3n) is 5.80. The second kappa shape index (κ2) is 9.23. The molecular formula is C23H23Cl2N7O2. The first kappa shape index (κ1) is 22.6. The minimum absolute atomic E-state index is 0.217. The number of nitrogens with zero attached hydrogens (tertiary/aromatic N) is 4. The van der Waals surface area contributed by atoms with Gasteiger partial charge in [0.05, 0.1) is 12.2 Å². The highest BCUT2D eigenvalue weighted by atomic mass is 35.5. The molecule has 11 heteroatoms. The molecule has 9 nitrogen and oxygen atoms in total. The minimum Gasteiger partial charge on any atom is -0.351 e. The second-order valence-electron chi connectivity index (χ2n) is 8.56. The Balaban J connectivity index is 1.52. The van der Waals surface area contributed by atoms with Crippen molar-refractivity contribution >= 4 is 58.6 Å². The molecule has 0 bridgehead atoms. The lowest BCUT2D eigenvalue weighted by atomic mass is 10.1. The molecule has 34 heavy (non-hydrogen) atoms. The highest BCUT2D eigenvalue weighted by Crippen LogP contribution is 2.30. The number of nitrogens with one attached hydrogen (secondary N) is 3. The Bertz CT molecular complexity index is 1320. The zero-order valence-electron chi connectivity index (χ0n) is 18.4. The fourth-order valence-corrected chi connectivity index (χ4v) is 4.29. The van der Waals surface area contributed by atoms with Crippen molar-refractivity contribution in [3.63, 3.8) is 0 Å². The van der Waals surface area contributed by atoms with Gasteiger partial charge in [0.2, 0.25) is 17.8 Å². The van der Waals surface area contributed by atoms with Crippen LogP contribution in [-0.2, 0) is 9.59 Å². The van der Waals surface area contributed by atoms with Crippen molar-refractivity contribution in [1.29, 1.82) is 0 Å². The molecule has 1 aliphatic carbocycles. The van der Waals surface area contributed by atoms with E-state index in [4.69, 9.17) is 23.2 Å². The van der Waals surface area contributed by atoms with Gasteiger partial charge >= 0.3 is 0 Å². The van der Waals surface area contributed by atoms with E-state index in [0.29, 0.717) is 64.0 Å². The van der Waals surface area contributed by atoms with E-state index in [1.165, 1.54) is 0 Å². The van der Waals surface area contributed by atoms with Crippen LogP contribution < -0.4 is 16.0 Å². The summed E-state index contributed by atoms with van der Waals surface area (Å²) >= 11 is 12.5. The average Bonchev–Trinajstić information content (AvgIpc) is 3.54. The number of carbonyl (C=O) groups is 2. The van der Waals surface area contributed by atoms with E-state index in [9.17, 15) is 9.59 Å². The van der Waals surface area contributed by atoms with E-state index >= 15 is 0 Å². The van der Waals surface area contributed by atoms with Gasteiger partial charge < -0.3 is 10.6 Å². The summed E-state index contributed by atoms with van der Waals surface area (Å²) < 4.78 is 1.63. The summed E-state index contributed by atoms with van der Waals surface area (Å²) in [5, 5.41) is 14.7. The number of carbonyl (C=O) groups excluding carboxylic acids is 2. The number of benzene rings is 1. The van der Waals surface area contributed by atoms with Gasteiger partial charge in [0.25, 0.3) is 5.91 Å². The van der Waals surface area contributed by atoms with Crippen LogP contribution in [0.2, 0.25) is 10.0 Å². The van der Waals surface area contributed by atoms with Crippen molar-refractivity contribution in [3.8, 4) is 0 Å². The van der Waals surface area contributed by atoms with Crippen LogP contribution in [0.3, 0.4) is 0 Å². The predicted molar refractivity (Wildman–Crippen MR) is 131 cm³/mol. The van der Waals surface area contributed by atoms with Crippen LogP contribution in [0.15, 0.2) is 30.0 Å². The van der Waals surface area contributed by atoms with E-state index in [1.807, 2.05) is 13.0 Å². The zero-order valence-corrected chi connectivity index (χ0v) is 20.0. The highest BCUT2D eigenvalue weighted by Gasteiger charge is 2.25. The summed E-state index contributed by atoms with van der Waals surface area (Å²) in [5.74, 6) is 0.311. The van der Waals surface area contributed by atoms with Gasteiger partial charge in [0, 0.05) is 33.6 Å². The fraction of sp³-hybridized carbons (Fsp3) is 0.348. The first-order valence-corrected chi connectivity index (χ1v) is 11.9. The van der Waals surface area contributed by atoms with Crippen LogP contribution in [0.1, 0.15) is 56.2 Å². The van der Waals surface area contributed by atoms with Gasteiger partial charge in [-0.2, -0.15) is 19.6 Å².